The van der Waals surface area contributed by atoms with Crippen LogP contribution in [0.25, 0.3) is 0 Å². The van der Waals surface area contributed by atoms with E-state index in [-0.39, 0.29) is 0 Å². The highest BCUT2D eigenvalue weighted by molar-refractivity contribution is 4.86. The van der Waals surface area contributed by atoms with Gasteiger partial charge >= 0.3 is 0 Å². The molecule has 2 heterocycles. The smallest absolute Gasteiger partial charge is 0.0197 e. The molecule has 0 bridgehead atoms. The van der Waals surface area contributed by atoms with Crippen LogP contribution in [0, 0.1) is 11.3 Å². The average molecular weight is 210 g/mol. The molecule has 0 amide bonds. The van der Waals surface area contributed by atoms with Crippen molar-refractivity contribution in [3.63, 3.8) is 0 Å². The zero-order valence-electron chi connectivity index (χ0n) is 10.6. The van der Waals surface area contributed by atoms with Gasteiger partial charge in [-0.15, -0.1) is 0 Å². The molecule has 2 rings (SSSR count). The molecule has 0 aromatic carbocycles. The third kappa shape index (κ3) is 3.18. The van der Waals surface area contributed by atoms with E-state index in [1.165, 1.54) is 45.4 Å². The quantitative estimate of drug-likeness (QED) is 0.751. The molecule has 2 atom stereocenters. The highest BCUT2D eigenvalue weighted by Gasteiger charge is 2.31. The van der Waals surface area contributed by atoms with Crippen LogP contribution >= 0.6 is 0 Å². The highest BCUT2D eigenvalue weighted by Crippen LogP contribution is 2.29. The van der Waals surface area contributed by atoms with E-state index in [2.05, 4.69) is 31.0 Å². The number of nitrogens with one attached hydrogen (secondary N) is 1. The van der Waals surface area contributed by atoms with E-state index < -0.39 is 0 Å². The van der Waals surface area contributed by atoms with Gasteiger partial charge in [0.15, 0.2) is 0 Å². The Bertz CT molecular complexity index is 213. The standard InChI is InChI=1S/C13H26N2/c1-11-4-6-14-12(8-11)9-15-7-5-13(2,3)10-15/h11-12,14H,4-10H2,1-3H3. The zero-order chi connectivity index (χ0) is 10.9. The van der Waals surface area contributed by atoms with Crippen LogP contribution in [0.5, 0.6) is 0 Å². The van der Waals surface area contributed by atoms with Crippen LogP contribution in [0.3, 0.4) is 0 Å². The second-order valence-electron chi connectivity index (χ2n) is 6.43. The molecule has 0 aromatic heterocycles. The molecular formula is C13H26N2. The van der Waals surface area contributed by atoms with Gasteiger partial charge in [0.05, 0.1) is 0 Å². The summed E-state index contributed by atoms with van der Waals surface area (Å²) in [4.78, 5) is 2.65. The monoisotopic (exact) mass is 210 g/mol. The fraction of sp³-hybridized carbons (Fsp3) is 1.00. The van der Waals surface area contributed by atoms with E-state index >= 15 is 0 Å². The molecule has 15 heavy (non-hydrogen) atoms. The minimum absolute atomic E-state index is 0.556. The summed E-state index contributed by atoms with van der Waals surface area (Å²) in [6, 6.07) is 0.752. The lowest BCUT2D eigenvalue weighted by molar-refractivity contribution is 0.220. The van der Waals surface area contributed by atoms with Crippen molar-refractivity contribution in [2.24, 2.45) is 11.3 Å². The molecular weight excluding hydrogens is 184 g/mol. The van der Waals surface area contributed by atoms with Crippen LogP contribution < -0.4 is 5.32 Å². The summed E-state index contributed by atoms with van der Waals surface area (Å²) in [5, 5.41) is 3.66. The molecule has 2 aliphatic heterocycles. The molecule has 2 aliphatic rings. The Kier molecular flexibility index (Phi) is 3.36. The van der Waals surface area contributed by atoms with Gasteiger partial charge in [0.25, 0.3) is 0 Å². The second kappa shape index (κ2) is 4.42. The summed E-state index contributed by atoms with van der Waals surface area (Å²) < 4.78 is 0. The maximum Gasteiger partial charge on any atom is 0.0197 e. The molecule has 0 aromatic rings. The number of nitrogens with zero attached hydrogens (tertiary/aromatic N) is 1. The minimum Gasteiger partial charge on any atom is -0.313 e. The maximum absolute atomic E-state index is 3.66. The molecule has 2 nitrogen and oxygen atoms in total. The van der Waals surface area contributed by atoms with Crippen molar-refractivity contribution in [1.29, 1.82) is 0 Å². The minimum atomic E-state index is 0.556. The largest absolute Gasteiger partial charge is 0.313 e. The Morgan fingerprint density at radius 3 is 2.80 bits per heavy atom. The molecule has 0 radical (unpaired) electrons. The maximum atomic E-state index is 3.66. The number of hydrogen-bond donors (Lipinski definition) is 1. The summed E-state index contributed by atoms with van der Waals surface area (Å²) >= 11 is 0. The van der Waals surface area contributed by atoms with Crippen molar-refractivity contribution in [2.75, 3.05) is 26.2 Å². The summed E-state index contributed by atoms with van der Waals surface area (Å²) in [5.41, 5.74) is 0.556. The fourth-order valence-electron chi connectivity index (χ4n) is 3.05. The van der Waals surface area contributed by atoms with Gasteiger partial charge < -0.3 is 10.2 Å². The van der Waals surface area contributed by atoms with E-state index in [1.807, 2.05) is 0 Å². The molecule has 2 fully saturated rings. The zero-order valence-corrected chi connectivity index (χ0v) is 10.6. The predicted octanol–water partition coefficient (Wildman–Crippen LogP) is 2.11. The van der Waals surface area contributed by atoms with Crippen molar-refractivity contribution in [1.82, 2.24) is 10.2 Å². The normalized spacial score (nSPS) is 37.0. The van der Waals surface area contributed by atoms with Gasteiger partial charge in [-0.1, -0.05) is 20.8 Å². The Morgan fingerprint density at radius 2 is 2.20 bits per heavy atom. The van der Waals surface area contributed by atoms with E-state index in [0.717, 1.165) is 12.0 Å². The molecule has 1 N–H and O–H groups in total. The Labute approximate surface area is 94.4 Å². The van der Waals surface area contributed by atoms with Gasteiger partial charge in [-0.05, 0) is 43.7 Å². The second-order valence-corrected chi connectivity index (χ2v) is 6.43. The van der Waals surface area contributed by atoms with Gasteiger partial charge in [-0.25, -0.2) is 0 Å². The van der Waals surface area contributed by atoms with Gasteiger partial charge in [0.1, 0.15) is 0 Å². The van der Waals surface area contributed by atoms with E-state index in [1.54, 1.807) is 0 Å². The first kappa shape index (κ1) is 11.4. The lowest BCUT2D eigenvalue weighted by atomic mass is 9.93. The third-order valence-electron chi connectivity index (χ3n) is 3.99. The van der Waals surface area contributed by atoms with Crippen molar-refractivity contribution in [3.8, 4) is 0 Å². The Morgan fingerprint density at radius 1 is 1.40 bits per heavy atom. The molecule has 0 saturated carbocycles. The molecule has 88 valence electrons. The van der Waals surface area contributed by atoms with Crippen molar-refractivity contribution in [3.05, 3.63) is 0 Å². The van der Waals surface area contributed by atoms with Gasteiger partial charge in [0, 0.05) is 19.1 Å². The molecule has 2 saturated heterocycles. The average Bonchev–Trinajstić information content (AvgIpc) is 2.45. The predicted molar refractivity (Wildman–Crippen MR) is 65.0 cm³/mol. The molecule has 2 unspecified atom stereocenters. The number of piperidine rings is 1. The number of rotatable bonds is 2. The van der Waals surface area contributed by atoms with E-state index in [9.17, 15) is 0 Å². The van der Waals surface area contributed by atoms with E-state index in [0.29, 0.717) is 5.41 Å². The fourth-order valence-corrected chi connectivity index (χ4v) is 3.05. The first-order valence-electron chi connectivity index (χ1n) is 6.51. The molecule has 2 heteroatoms. The summed E-state index contributed by atoms with van der Waals surface area (Å²) in [6.07, 6.45) is 4.11. The Balaban J connectivity index is 1.77. The van der Waals surface area contributed by atoms with Gasteiger partial charge in [-0.3, -0.25) is 0 Å². The topological polar surface area (TPSA) is 15.3 Å². The third-order valence-corrected chi connectivity index (χ3v) is 3.99. The van der Waals surface area contributed by atoms with Gasteiger partial charge in [0.2, 0.25) is 0 Å². The first-order valence-corrected chi connectivity index (χ1v) is 6.51. The van der Waals surface area contributed by atoms with Crippen molar-refractivity contribution >= 4 is 0 Å². The van der Waals surface area contributed by atoms with Crippen molar-refractivity contribution < 1.29 is 0 Å². The highest BCUT2D eigenvalue weighted by atomic mass is 15.2. The van der Waals surface area contributed by atoms with Crippen LogP contribution in [0.4, 0.5) is 0 Å². The van der Waals surface area contributed by atoms with E-state index in [4.69, 9.17) is 0 Å². The lowest BCUT2D eigenvalue weighted by Gasteiger charge is -2.31. The van der Waals surface area contributed by atoms with Crippen molar-refractivity contribution in [2.45, 2.75) is 46.1 Å². The van der Waals surface area contributed by atoms with Crippen LogP contribution in [0.15, 0.2) is 0 Å². The Hall–Kier alpha value is -0.0800. The summed E-state index contributed by atoms with van der Waals surface area (Å²) in [7, 11) is 0. The van der Waals surface area contributed by atoms with Crippen LogP contribution in [-0.2, 0) is 0 Å². The summed E-state index contributed by atoms with van der Waals surface area (Å²) in [5.74, 6) is 0.923. The molecule has 0 spiro atoms. The number of likely N-dealkylation sites (tertiary alicyclic amines) is 1. The SMILES string of the molecule is CC1CCNC(CN2CCC(C)(C)C2)C1. The van der Waals surface area contributed by atoms with Crippen LogP contribution in [0.2, 0.25) is 0 Å². The number of hydrogen-bond acceptors (Lipinski definition) is 2. The van der Waals surface area contributed by atoms with Crippen LogP contribution in [0.1, 0.15) is 40.0 Å². The van der Waals surface area contributed by atoms with Crippen LogP contribution in [-0.4, -0.2) is 37.1 Å². The lowest BCUT2D eigenvalue weighted by Crippen LogP contribution is -2.45. The van der Waals surface area contributed by atoms with Gasteiger partial charge in [-0.2, -0.15) is 0 Å². The molecule has 0 aliphatic carbocycles. The summed E-state index contributed by atoms with van der Waals surface area (Å²) in [6.45, 7) is 12.3. The first-order chi connectivity index (χ1) is 7.05.